The first kappa shape index (κ1) is 10.9. The zero-order valence-corrected chi connectivity index (χ0v) is 7.89. The molecule has 80 valence electrons. The summed E-state index contributed by atoms with van der Waals surface area (Å²) in [7, 11) is 0. The molecule has 1 unspecified atom stereocenters. The summed E-state index contributed by atoms with van der Waals surface area (Å²) in [5, 5.41) is 12.8. The lowest BCUT2D eigenvalue weighted by Gasteiger charge is -2.13. The van der Waals surface area contributed by atoms with Gasteiger partial charge >= 0.3 is 0 Å². The van der Waals surface area contributed by atoms with Crippen LogP contribution in [0.1, 0.15) is 6.92 Å². The standard InChI is InChI=1S/C8H9N3O4/c1-4(12)10-5-2-6(9)8(13)7(3-5)11(14)15/h2-3,7H,9H2,1H3,(H,10,12). The normalized spacial score (nSPS) is 20.3. The van der Waals surface area contributed by atoms with Crippen LogP contribution in [0.2, 0.25) is 0 Å². The van der Waals surface area contributed by atoms with Gasteiger partial charge in [0.2, 0.25) is 5.91 Å². The lowest BCUT2D eigenvalue weighted by atomic mass is 10.0. The third-order valence-corrected chi connectivity index (χ3v) is 1.75. The first-order chi connectivity index (χ1) is 6.91. The average molecular weight is 211 g/mol. The molecule has 1 atom stereocenters. The molecule has 3 N–H and O–H groups in total. The predicted molar refractivity (Wildman–Crippen MR) is 50.0 cm³/mol. The third-order valence-electron chi connectivity index (χ3n) is 1.75. The number of nitrogens with one attached hydrogen (secondary N) is 1. The number of hydrogen-bond donors (Lipinski definition) is 2. The van der Waals surface area contributed by atoms with Gasteiger partial charge in [0.15, 0.2) is 0 Å². The van der Waals surface area contributed by atoms with Gasteiger partial charge in [-0.3, -0.25) is 19.7 Å². The first-order valence-corrected chi connectivity index (χ1v) is 4.06. The summed E-state index contributed by atoms with van der Waals surface area (Å²) in [6.07, 6.45) is 2.25. The molecule has 1 aliphatic rings. The summed E-state index contributed by atoms with van der Waals surface area (Å²) in [5.41, 5.74) is 5.22. The minimum atomic E-state index is -1.52. The third kappa shape index (κ3) is 2.39. The quantitative estimate of drug-likeness (QED) is 0.452. The van der Waals surface area contributed by atoms with E-state index in [4.69, 9.17) is 5.73 Å². The Balaban J connectivity index is 2.99. The van der Waals surface area contributed by atoms with E-state index < -0.39 is 16.7 Å². The summed E-state index contributed by atoms with van der Waals surface area (Å²) in [4.78, 5) is 31.6. The largest absolute Gasteiger partial charge is 0.396 e. The second-order valence-electron chi connectivity index (χ2n) is 3.00. The van der Waals surface area contributed by atoms with Crippen molar-refractivity contribution in [2.24, 2.45) is 5.73 Å². The molecular formula is C8H9N3O4. The highest BCUT2D eigenvalue weighted by atomic mass is 16.6. The molecule has 0 aromatic carbocycles. The van der Waals surface area contributed by atoms with Crippen LogP contribution in [0.25, 0.3) is 0 Å². The van der Waals surface area contributed by atoms with Crippen LogP contribution in [0, 0.1) is 10.1 Å². The molecule has 0 saturated carbocycles. The van der Waals surface area contributed by atoms with E-state index >= 15 is 0 Å². The molecule has 0 aliphatic heterocycles. The zero-order chi connectivity index (χ0) is 11.6. The molecule has 7 heteroatoms. The summed E-state index contributed by atoms with van der Waals surface area (Å²) in [6.45, 7) is 1.25. The maximum absolute atomic E-state index is 11.2. The van der Waals surface area contributed by atoms with Crippen LogP contribution in [0.5, 0.6) is 0 Å². The van der Waals surface area contributed by atoms with Crippen LogP contribution in [0.15, 0.2) is 23.5 Å². The van der Waals surface area contributed by atoms with E-state index in [0.717, 1.165) is 6.08 Å². The van der Waals surface area contributed by atoms with Crippen molar-refractivity contribution in [3.05, 3.63) is 33.7 Å². The zero-order valence-electron chi connectivity index (χ0n) is 7.89. The van der Waals surface area contributed by atoms with Crippen LogP contribution >= 0.6 is 0 Å². The van der Waals surface area contributed by atoms with Crippen molar-refractivity contribution in [2.75, 3.05) is 0 Å². The number of ketones is 1. The van der Waals surface area contributed by atoms with Gasteiger partial charge in [-0.25, -0.2) is 0 Å². The van der Waals surface area contributed by atoms with E-state index in [1.165, 1.54) is 13.0 Å². The predicted octanol–water partition coefficient (Wildman–Crippen LogP) is -0.923. The van der Waals surface area contributed by atoms with E-state index in [9.17, 15) is 19.7 Å². The van der Waals surface area contributed by atoms with Crippen molar-refractivity contribution >= 4 is 11.7 Å². The molecule has 1 amide bonds. The Bertz CT molecular complexity index is 397. The number of nitrogens with zero attached hydrogens (tertiary/aromatic N) is 1. The van der Waals surface area contributed by atoms with Gasteiger partial charge in [0.25, 0.3) is 11.8 Å². The minimum absolute atomic E-state index is 0.168. The molecule has 0 aromatic rings. The Morgan fingerprint density at radius 3 is 2.73 bits per heavy atom. The van der Waals surface area contributed by atoms with Crippen LogP contribution in [0.3, 0.4) is 0 Å². The summed E-state index contributed by atoms with van der Waals surface area (Å²) in [6, 6.07) is -1.52. The van der Waals surface area contributed by atoms with Gasteiger partial charge in [0.05, 0.1) is 5.70 Å². The summed E-state index contributed by atoms with van der Waals surface area (Å²) in [5.74, 6) is -1.16. The minimum Gasteiger partial charge on any atom is -0.396 e. The van der Waals surface area contributed by atoms with Crippen molar-refractivity contribution in [2.45, 2.75) is 13.0 Å². The van der Waals surface area contributed by atoms with Gasteiger partial charge in [-0.2, -0.15) is 0 Å². The fourth-order valence-electron chi connectivity index (χ4n) is 1.14. The first-order valence-electron chi connectivity index (χ1n) is 4.06. The molecule has 0 fully saturated rings. The van der Waals surface area contributed by atoms with Crippen molar-refractivity contribution in [3.8, 4) is 0 Å². The van der Waals surface area contributed by atoms with Crippen molar-refractivity contribution in [1.82, 2.24) is 5.32 Å². The Morgan fingerprint density at radius 1 is 1.67 bits per heavy atom. The maximum Gasteiger partial charge on any atom is 0.296 e. The van der Waals surface area contributed by atoms with E-state index in [1.54, 1.807) is 0 Å². The molecule has 1 rings (SSSR count). The van der Waals surface area contributed by atoms with Gasteiger partial charge in [-0.05, 0) is 6.08 Å². The van der Waals surface area contributed by atoms with E-state index in [0.29, 0.717) is 0 Å². The second-order valence-corrected chi connectivity index (χ2v) is 3.00. The number of nitro groups is 1. The Labute approximate surface area is 84.8 Å². The fourth-order valence-corrected chi connectivity index (χ4v) is 1.14. The smallest absolute Gasteiger partial charge is 0.296 e. The van der Waals surface area contributed by atoms with Gasteiger partial charge in [-0.15, -0.1) is 0 Å². The topological polar surface area (TPSA) is 115 Å². The van der Waals surface area contributed by atoms with Gasteiger partial charge in [-0.1, -0.05) is 0 Å². The van der Waals surface area contributed by atoms with Crippen molar-refractivity contribution in [3.63, 3.8) is 0 Å². The number of carbonyl (C=O) groups excluding carboxylic acids is 2. The van der Waals surface area contributed by atoms with E-state index in [2.05, 4.69) is 5.32 Å². The molecule has 15 heavy (non-hydrogen) atoms. The van der Waals surface area contributed by atoms with E-state index in [1.807, 2.05) is 0 Å². The molecular weight excluding hydrogens is 202 g/mol. The Morgan fingerprint density at radius 2 is 2.27 bits per heavy atom. The molecule has 0 spiro atoms. The summed E-state index contributed by atoms with van der Waals surface area (Å²) >= 11 is 0. The molecule has 0 bridgehead atoms. The number of amides is 1. The Hall–Kier alpha value is -2.18. The molecule has 7 nitrogen and oxygen atoms in total. The van der Waals surface area contributed by atoms with Crippen molar-refractivity contribution in [1.29, 1.82) is 0 Å². The van der Waals surface area contributed by atoms with Crippen LogP contribution in [0.4, 0.5) is 0 Å². The van der Waals surface area contributed by atoms with Crippen LogP contribution < -0.4 is 11.1 Å². The molecule has 0 aromatic heterocycles. The maximum atomic E-state index is 11.2. The highest BCUT2D eigenvalue weighted by Crippen LogP contribution is 2.11. The van der Waals surface area contributed by atoms with Crippen molar-refractivity contribution < 1.29 is 14.5 Å². The van der Waals surface area contributed by atoms with E-state index in [-0.39, 0.29) is 17.3 Å². The van der Waals surface area contributed by atoms with Gasteiger partial charge in [0.1, 0.15) is 0 Å². The number of Topliss-reactive ketones (excluding diaryl/α,β-unsaturated/α-hetero) is 1. The van der Waals surface area contributed by atoms with Crippen LogP contribution in [-0.4, -0.2) is 22.7 Å². The van der Waals surface area contributed by atoms with Gasteiger partial charge < -0.3 is 11.1 Å². The number of allylic oxidation sites excluding steroid dienone is 1. The molecule has 0 heterocycles. The number of hydrogen-bond acceptors (Lipinski definition) is 5. The SMILES string of the molecule is CC(=O)NC1=CC([N+](=O)[O-])C(=O)C(N)=C1. The highest BCUT2D eigenvalue weighted by Gasteiger charge is 2.32. The second kappa shape index (κ2) is 3.91. The number of nitrogens with two attached hydrogens (primary N) is 1. The number of carbonyl (C=O) groups is 2. The summed E-state index contributed by atoms with van der Waals surface area (Å²) < 4.78 is 0. The molecule has 0 saturated heterocycles. The van der Waals surface area contributed by atoms with Crippen LogP contribution in [-0.2, 0) is 9.59 Å². The molecule has 1 aliphatic carbocycles. The highest BCUT2D eigenvalue weighted by molar-refractivity contribution is 6.01. The number of rotatable bonds is 2. The lowest BCUT2D eigenvalue weighted by molar-refractivity contribution is -0.494. The lowest BCUT2D eigenvalue weighted by Crippen LogP contribution is -2.36. The average Bonchev–Trinajstić information content (AvgIpc) is 2.09. The Kier molecular flexibility index (Phi) is 2.84. The monoisotopic (exact) mass is 211 g/mol. The molecule has 0 radical (unpaired) electrons. The van der Waals surface area contributed by atoms with Gasteiger partial charge in [0, 0.05) is 23.6 Å². The fraction of sp³-hybridized carbons (Fsp3) is 0.250.